The first-order chi connectivity index (χ1) is 13.1. The Kier molecular flexibility index (Phi) is 5.63. The number of benzene rings is 2. The Morgan fingerprint density at radius 2 is 1.21 bits per heavy atom. The van der Waals surface area contributed by atoms with Crippen molar-refractivity contribution in [2.75, 3.05) is 0 Å². The lowest BCUT2D eigenvalue weighted by molar-refractivity contribution is 0.483. The molecule has 0 saturated heterocycles. The molecule has 0 spiro atoms. The molecular formula is C17H11Cl4N3O4. The molecule has 0 atom stereocenters. The molecule has 0 bridgehead atoms. The van der Waals surface area contributed by atoms with Crippen LogP contribution < -0.4 is 21.8 Å². The molecule has 0 aliphatic rings. The van der Waals surface area contributed by atoms with E-state index >= 15 is 0 Å². The van der Waals surface area contributed by atoms with Crippen LogP contribution in [0.5, 0.6) is 11.5 Å². The summed E-state index contributed by atoms with van der Waals surface area (Å²) in [5, 5.41) is 0.833. The Labute approximate surface area is 177 Å². The molecule has 3 rings (SSSR count). The summed E-state index contributed by atoms with van der Waals surface area (Å²) in [7, 11) is 2.54. The first-order valence-electron chi connectivity index (χ1n) is 7.63. The topological polar surface area (TPSA) is 75.2 Å². The second-order valence-electron chi connectivity index (χ2n) is 5.71. The number of hydrogen-bond donors (Lipinski definition) is 0. The summed E-state index contributed by atoms with van der Waals surface area (Å²) in [4.78, 5) is 36.6. The number of ether oxygens (including phenoxy) is 1. The average Bonchev–Trinajstić information content (AvgIpc) is 2.65. The van der Waals surface area contributed by atoms with E-state index in [4.69, 9.17) is 51.1 Å². The van der Waals surface area contributed by atoms with Crippen LogP contribution in [0.25, 0.3) is 5.69 Å². The van der Waals surface area contributed by atoms with E-state index in [1.54, 1.807) is 0 Å². The largest absolute Gasteiger partial charge is 0.454 e. The molecule has 0 N–H and O–H groups in total. The zero-order valence-corrected chi connectivity index (χ0v) is 17.4. The van der Waals surface area contributed by atoms with Gasteiger partial charge in [0, 0.05) is 20.2 Å². The lowest BCUT2D eigenvalue weighted by Gasteiger charge is -2.13. The summed E-state index contributed by atoms with van der Waals surface area (Å²) < 4.78 is 8.11. The van der Waals surface area contributed by atoms with Crippen LogP contribution in [0.15, 0.2) is 44.7 Å². The lowest BCUT2D eigenvalue weighted by Crippen LogP contribution is -2.52. The second kappa shape index (κ2) is 7.67. The highest BCUT2D eigenvalue weighted by atomic mass is 35.5. The average molecular weight is 463 g/mol. The summed E-state index contributed by atoms with van der Waals surface area (Å²) >= 11 is 24.2. The number of rotatable bonds is 3. The van der Waals surface area contributed by atoms with E-state index in [9.17, 15) is 14.4 Å². The quantitative estimate of drug-likeness (QED) is 0.557. The molecule has 0 amide bonds. The van der Waals surface area contributed by atoms with Crippen LogP contribution in [-0.2, 0) is 14.1 Å². The van der Waals surface area contributed by atoms with Crippen LogP contribution >= 0.6 is 46.4 Å². The van der Waals surface area contributed by atoms with E-state index < -0.39 is 17.1 Å². The normalized spacial score (nSPS) is 10.9. The van der Waals surface area contributed by atoms with E-state index in [2.05, 4.69) is 0 Å². The number of halogens is 4. The zero-order chi connectivity index (χ0) is 20.7. The summed E-state index contributed by atoms with van der Waals surface area (Å²) in [6.07, 6.45) is 0. The van der Waals surface area contributed by atoms with Crippen LogP contribution in [-0.4, -0.2) is 13.7 Å². The molecule has 1 heterocycles. The Bertz CT molecular complexity index is 1240. The van der Waals surface area contributed by atoms with Gasteiger partial charge in [0.1, 0.15) is 11.5 Å². The highest BCUT2D eigenvalue weighted by Crippen LogP contribution is 2.38. The maximum atomic E-state index is 12.4. The number of aromatic nitrogens is 3. The van der Waals surface area contributed by atoms with Crippen molar-refractivity contribution in [3.63, 3.8) is 0 Å². The zero-order valence-electron chi connectivity index (χ0n) is 14.4. The molecule has 3 aromatic rings. The minimum Gasteiger partial charge on any atom is -0.454 e. The standard InChI is InChI=1S/C17H11Cl4N3O4/c1-22-15(25)23(2)17(27)24(16(22)26)8-3-4-13(11(20)5-8)28-14-7-10(19)9(18)6-12(14)21/h3-7H,1-2H3. The van der Waals surface area contributed by atoms with Crippen LogP contribution in [0, 0.1) is 0 Å². The van der Waals surface area contributed by atoms with Crippen molar-refractivity contribution in [1.82, 2.24) is 13.7 Å². The second-order valence-corrected chi connectivity index (χ2v) is 7.34. The van der Waals surface area contributed by atoms with Gasteiger partial charge in [-0.15, -0.1) is 0 Å². The Morgan fingerprint density at radius 1 is 0.679 bits per heavy atom. The first kappa shape index (κ1) is 20.5. The fraction of sp³-hybridized carbons (Fsp3) is 0.118. The third kappa shape index (κ3) is 3.58. The van der Waals surface area contributed by atoms with E-state index in [0.29, 0.717) is 0 Å². The predicted octanol–water partition coefficient (Wildman–Crippen LogP) is 3.64. The molecule has 11 heteroatoms. The molecule has 0 saturated carbocycles. The van der Waals surface area contributed by atoms with E-state index in [1.807, 2.05) is 0 Å². The van der Waals surface area contributed by atoms with Gasteiger partial charge in [-0.05, 0) is 24.3 Å². The van der Waals surface area contributed by atoms with E-state index in [1.165, 1.54) is 44.4 Å². The van der Waals surface area contributed by atoms with E-state index in [-0.39, 0.29) is 37.3 Å². The molecule has 0 fully saturated rings. The van der Waals surface area contributed by atoms with Crippen molar-refractivity contribution < 1.29 is 4.74 Å². The molecule has 1 aromatic heterocycles. The van der Waals surface area contributed by atoms with Gasteiger partial charge < -0.3 is 4.74 Å². The molecule has 0 aliphatic heterocycles. The van der Waals surface area contributed by atoms with Crippen molar-refractivity contribution in [2.45, 2.75) is 0 Å². The maximum absolute atomic E-state index is 12.4. The van der Waals surface area contributed by atoms with Gasteiger partial charge >= 0.3 is 17.1 Å². The molecule has 0 aliphatic carbocycles. The fourth-order valence-electron chi connectivity index (χ4n) is 2.40. The van der Waals surface area contributed by atoms with Crippen LogP contribution in [0.2, 0.25) is 20.1 Å². The lowest BCUT2D eigenvalue weighted by atomic mass is 10.3. The molecule has 146 valence electrons. The molecule has 7 nitrogen and oxygen atoms in total. The minimum absolute atomic E-state index is 0.0995. The maximum Gasteiger partial charge on any atom is 0.340 e. The van der Waals surface area contributed by atoms with Crippen molar-refractivity contribution in [3.05, 3.63) is 81.9 Å². The van der Waals surface area contributed by atoms with Crippen LogP contribution in [0.3, 0.4) is 0 Å². The predicted molar refractivity (Wildman–Crippen MR) is 109 cm³/mol. The molecule has 0 radical (unpaired) electrons. The SMILES string of the molecule is Cn1c(=O)n(C)c(=O)n(-c2ccc(Oc3cc(Cl)c(Cl)cc3Cl)c(Cl)c2)c1=O. The third-order valence-corrected chi connectivity index (χ3v) is 5.21. The smallest absolute Gasteiger partial charge is 0.340 e. The summed E-state index contributed by atoms with van der Waals surface area (Å²) in [5.74, 6) is 0.432. The Hall–Kier alpha value is -2.19. The van der Waals surface area contributed by atoms with Gasteiger partial charge in [0.2, 0.25) is 0 Å². The molecule has 2 aromatic carbocycles. The van der Waals surface area contributed by atoms with Crippen LogP contribution in [0.4, 0.5) is 0 Å². The summed E-state index contributed by atoms with van der Waals surface area (Å²) in [5.41, 5.74) is -2.17. The van der Waals surface area contributed by atoms with Gasteiger partial charge in [0.25, 0.3) is 0 Å². The Morgan fingerprint density at radius 3 is 1.79 bits per heavy atom. The minimum atomic E-state index is -0.801. The van der Waals surface area contributed by atoms with Gasteiger partial charge in [0.05, 0.1) is 25.8 Å². The number of hydrogen-bond acceptors (Lipinski definition) is 4. The first-order valence-corrected chi connectivity index (χ1v) is 9.14. The van der Waals surface area contributed by atoms with Gasteiger partial charge in [-0.2, -0.15) is 0 Å². The third-order valence-electron chi connectivity index (χ3n) is 3.90. The van der Waals surface area contributed by atoms with Crippen molar-refractivity contribution in [3.8, 4) is 17.2 Å². The van der Waals surface area contributed by atoms with Crippen LogP contribution in [0.1, 0.15) is 0 Å². The highest BCUT2D eigenvalue weighted by Gasteiger charge is 2.15. The van der Waals surface area contributed by atoms with Gasteiger partial charge in [-0.3, -0.25) is 0 Å². The van der Waals surface area contributed by atoms with E-state index in [0.717, 1.165) is 13.7 Å². The van der Waals surface area contributed by atoms with Gasteiger partial charge in [0.15, 0.2) is 0 Å². The van der Waals surface area contributed by atoms with Crippen molar-refractivity contribution >= 4 is 46.4 Å². The molecular weight excluding hydrogens is 452 g/mol. The summed E-state index contributed by atoms with van der Waals surface area (Å²) in [6.45, 7) is 0. The molecule has 0 unspecified atom stereocenters. The fourth-order valence-corrected chi connectivity index (χ4v) is 3.19. The Balaban J connectivity index is 2.08. The number of nitrogens with zero attached hydrogens (tertiary/aromatic N) is 3. The summed E-state index contributed by atoms with van der Waals surface area (Å²) in [6, 6.07) is 7.11. The van der Waals surface area contributed by atoms with Crippen molar-refractivity contribution in [2.24, 2.45) is 14.1 Å². The van der Waals surface area contributed by atoms with Gasteiger partial charge in [-0.25, -0.2) is 28.1 Å². The highest BCUT2D eigenvalue weighted by molar-refractivity contribution is 6.43. The van der Waals surface area contributed by atoms with Crippen molar-refractivity contribution in [1.29, 1.82) is 0 Å². The molecule has 28 heavy (non-hydrogen) atoms. The van der Waals surface area contributed by atoms with Gasteiger partial charge in [-0.1, -0.05) is 46.4 Å². The monoisotopic (exact) mass is 461 g/mol.